The van der Waals surface area contributed by atoms with Crippen molar-refractivity contribution in [3.8, 4) is 0 Å². The third kappa shape index (κ3) is 9.04. The number of nitrogens with zero attached hydrogens (tertiary/aromatic N) is 1. The highest BCUT2D eigenvalue weighted by atomic mass is 32.2. The fourth-order valence-electron chi connectivity index (χ4n) is 1.51. The van der Waals surface area contributed by atoms with Crippen molar-refractivity contribution in [2.45, 2.75) is 33.6 Å². The van der Waals surface area contributed by atoms with Crippen molar-refractivity contribution in [1.29, 1.82) is 0 Å². The first kappa shape index (κ1) is 15.8. The smallest absolute Gasteiger partial charge is 0.320 e. The maximum absolute atomic E-state index is 11.3. The van der Waals surface area contributed by atoms with Gasteiger partial charge in [-0.05, 0) is 44.4 Å². The van der Waals surface area contributed by atoms with Crippen LogP contribution in [0.2, 0.25) is 0 Å². The van der Waals surface area contributed by atoms with Gasteiger partial charge < -0.3 is 4.74 Å². The molecule has 0 aliphatic carbocycles. The Bertz CT molecular complexity index is 176. The molecule has 0 N–H and O–H groups in total. The van der Waals surface area contributed by atoms with E-state index in [-0.39, 0.29) is 5.97 Å². The lowest BCUT2D eigenvalue weighted by atomic mass is 10.3. The van der Waals surface area contributed by atoms with Crippen molar-refractivity contribution in [1.82, 2.24) is 4.90 Å². The summed E-state index contributed by atoms with van der Waals surface area (Å²) < 4.78 is 4.96. The number of ether oxygens (including phenoxy) is 1. The van der Waals surface area contributed by atoms with Crippen LogP contribution in [-0.4, -0.2) is 48.6 Å². The summed E-state index contributed by atoms with van der Waals surface area (Å²) in [5.74, 6) is 2.25. The van der Waals surface area contributed by atoms with Crippen LogP contribution in [-0.2, 0) is 9.53 Å². The molecule has 0 aromatic rings. The lowest BCUT2D eigenvalue weighted by molar-refractivity contribution is -0.144. The largest absolute Gasteiger partial charge is 0.465 e. The molecule has 0 aromatic heterocycles. The summed E-state index contributed by atoms with van der Waals surface area (Å²) in [5, 5.41) is 0. The predicted octanol–water partition coefficient (Wildman–Crippen LogP) is 2.40. The molecule has 0 rings (SSSR count). The van der Waals surface area contributed by atoms with E-state index in [0.717, 1.165) is 25.9 Å². The minimum atomic E-state index is -0.0981. The molecule has 0 spiro atoms. The van der Waals surface area contributed by atoms with E-state index in [0.29, 0.717) is 13.2 Å². The summed E-state index contributed by atoms with van der Waals surface area (Å²) in [5.41, 5.74) is 0. The number of carbonyl (C=O) groups is 1. The highest BCUT2D eigenvalue weighted by Crippen LogP contribution is 2.03. The Morgan fingerprint density at radius 3 is 2.56 bits per heavy atom. The van der Waals surface area contributed by atoms with E-state index < -0.39 is 0 Å². The van der Waals surface area contributed by atoms with Crippen LogP contribution in [0.3, 0.4) is 0 Å². The topological polar surface area (TPSA) is 29.5 Å². The quantitative estimate of drug-likeness (QED) is 0.438. The van der Waals surface area contributed by atoms with Gasteiger partial charge in [-0.2, -0.15) is 11.8 Å². The third-order valence-electron chi connectivity index (χ3n) is 2.17. The average molecular weight is 247 g/mol. The number of hydrogen-bond acceptors (Lipinski definition) is 4. The van der Waals surface area contributed by atoms with Crippen molar-refractivity contribution >= 4 is 17.7 Å². The molecule has 0 aromatic carbocycles. The summed E-state index contributed by atoms with van der Waals surface area (Å²) in [6.45, 7) is 9.06. The Kier molecular flexibility index (Phi) is 11.1. The minimum Gasteiger partial charge on any atom is -0.465 e. The molecule has 0 amide bonds. The van der Waals surface area contributed by atoms with Gasteiger partial charge in [0.05, 0.1) is 13.2 Å². The second-order valence-electron chi connectivity index (χ2n) is 3.63. The zero-order valence-electron chi connectivity index (χ0n) is 10.8. The van der Waals surface area contributed by atoms with Crippen LogP contribution in [0.15, 0.2) is 0 Å². The number of rotatable bonds is 10. The van der Waals surface area contributed by atoms with E-state index in [1.54, 1.807) is 0 Å². The van der Waals surface area contributed by atoms with Crippen LogP contribution < -0.4 is 0 Å². The molecular formula is C12H25NO2S. The molecule has 16 heavy (non-hydrogen) atoms. The Hall–Kier alpha value is -0.220. The molecule has 0 fully saturated rings. The van der Waals surface area contributed by atoms with E-state index in [1.807, 2.05) is 18.7 Å². The average Bonchev–Trinajstić information content (AvgIpc) is 2.25. The molecule has 0 saturated heterocycles. The van der Waals surface area contributed by atoms with Gasteiger partial charge >= 0.3 is 5.97 Å². The van der Waals surface area contributed by atoms with Gasteiger partial charge in [0.25, 0.3) is 0 Å². The molecule has 0 saturated carbocycles. The number of esters is 1. The van der Waals surface area contributed by atoms with Gasteiger partial charge in [0.1, 0.15) is 0 Å². The molecule has 0 aliphatic heterocycles. The van der Waals surface area contributed by atoms with Gasteiger partial charge in [0, 0.05) is 0 Å². The Balaban J connectivity index is 3.73. The van der Waals surface area contributed by atoms with Gasteiger partial charge in [0.2, 0.25) is 0 Å². The van der Waals surface area contributed by atoms with Crippen LogP contribution in [0.1, 0.15) is 33.6 Å². The van der Waals surface area contributed by atoms with Crippen molar-refractivity contribution in [2.24, 2.45) is 0 Å². The summed E-state index contributed by atoms with van der Waals surface area (Å²) in [7, 11) is 0. The zero-order valence-corrected chi connectivity index (χ0v) is 11.6. The molecule has 0 radical (unpaired) electrons. The molecular weight excluding hydrogens is 222 g/mol. The van der Waals surface area contributed by atoms with Crippen molar-refractivity contribution < 1.29 is 9.53 Å². The van der Waals surface area contributed by atoms with Crippen LogP contribution in [0.4, 0.5) is 0 Å². The summed E-state index contributed by atoms with van der Waals surface area (Å²) in [4.78, 5) is 13.5. The molecule has 0 aliphatic rings. The highest BCUT2D eigenvalue weighted by Gasteiger charge is 2.09. The van der Waals surface area contributed by atoms with Gasteiger partial charge in [0.15, 0.2) is 0 Å². The van der Waals surface area contributed by atoms with E-state index in [4.69, 9.17) is 4.74 Å². The minimum absolute atomic E-state index is 0.0981. The monoisotopic (exact) mass is 247 g/mol. The van der Waals surface area contributed by atoms with Gasteiger partial charge in [-0.15, -0.1) is 0 Å². The second-order valence-corrected chi connectivity index (χ2v) is 5.03. The second kappa shape index (κ2) is 11.3. The zero-order chi connectivity index (χ0) is 12.2. The van der Waals surface area contributed by atoms with Gasteiger partial charge in [-0.3, -0.25) is 9.69 Å². The first-order valence-corrected chi connectivity index (χ1v) is 7.35. The molecule has 3 nitrogen and oxygen atoms in total. The molecule has 4 heteroatoms. The number of thioether (sulfide) groups is 1. The summed E-state index contributed by atoms with van der Waals surface area (Å²) in [6.07, 6.45) is 2.23. The summed E-state index contributed by atoms with van der Waals surface area (Å²) >= 11 is 1.95. The molecule has 0 atom stereocenters. The maximum atomic E-state index is 11.3. The van der Waals surface area contributed by atoms with E-state index >= 15 is 0 Å². The standard InChI is InChI=1S/C12H25NO2S/c1-4-8-13(9-7-10-16-6-3)11-12(14)15-5-2/h4-11H2,1-3H3. The first-order valence-electron chi connectivity index (χ1n) is 6.20. The Morgan fingerprint density at radius 2 is 2.00 bits per heavy atom. The van der Waals surface area contributed by atoms with E-state index in [2.05, 4.69) is 18.7 Å². The fraction of sp³-hybridized carbons (Fsp3) is 0.917. The SMILES string of the molecule is CCCN(CCCSCC)CC(=O)OCC. The Morgan fingerprint density at radius 1 is 1.25 bits per heavy atom. The van der Waals surface area contributed by atoms with Crippen LogP contribution in [0.5, 0.6) is 0 Å². The lowest BCUT2D eigenvalue weighted by Gasteiger charge is -2.20. The summed E-state index contributed by atoms with van der Waals surface area (Å²) in [6, 6.07) is 0. The van der Waals surface area contributed by atoms with Crippen LogP contribution in [0, 0.1) is 0 Å². The normalized spacial score (nSPS) is 10.8. The van der Waals surface area contributed by atoms with Crippen molar-refractivity contribution in [3.63, 3.8) is 0 Å². The maximum Gasteiger partial charge on any atom is 0.320 e. The van der Waals surface area contributed by atoms with Gasteiger partial charge in [-0.25, -0.2) is 0 Å². The van der Waals surface area contributed by atoms with E-state index in [1.165, 1.54) is 11.5 Å². The van der Waals surface area contributed by atoms with E-state index in [9.17, 15) is 4.79 Å². The molecule has 0 bridgehead atoms. The van der Waals surface area contributed by atoms with Crippen LogP contribution >= 0.6 is 11.8 Å². The van der Waals surface area contributed by atoms with Crippen molar-refractivity contribution in [2.75, 3.05) is 37.7 Å². The fourth-order valence-corrected chi connectivity index (χ4v) is 2.13. The molecule has 96 valence electrons. The number of hydrogen-bond donors (Lipinski definition) is 0. The van der Waals surface area contributed by atoms with Crippen LogP contribution in [0.25, 0.3) is 0 Å². The van der Waals surface area contributed by atoms with Crippen molar-refractivity contribution in [3.05, 3.63) is 0 Å². The lowest BCUT2D eigenvalue weighted by Crippen LogP contribution is -2.32. The number of carbonyl (C=O) groups excluding carboxylic acids is 1. The first-order chi connectivity index (χ1) is 7.74. The Labute approximate surface area is 104 Å². The van der Waals surface area contributed by atoms with Gasteiger partial charge in [-0.1, -0.05) is 13.8 Å². The third-order valence-corrected chi connectivity index (χ3v) is 3.15. The molecule has 0 unspecified atom stereocenters. The predicted molar refractivity (Wildman–Crippen MR) is 71.0 cm³/mol. The molecule has 0 heterocycles. The highest BCUT2D eigenvalue weighted by molar-refractivity contribution is 7.99.